The van der Waals surface area contributed by atoms with Crippen LogP contribution in [0.1, 0.15) is 22.0 Å². The van der Waals surface area contributed by atoms with Crippen LogP contribution in [0.2, 0.25) is 0 Å². The van der Waals surface area contributed by atoms with E-state index in [4.69, 9.17) is 15.9 Å². The molecule has 0 amide bonds. The lowest BCUT2D eigenvalue weighted by Crippen LogP contribution is -2.21. The van der Waals surface area contributed by atoms with Crippen molar-refractivity contribution < 1.29 is 19.8 Å². The first-order valence-corrected chi connectivity index (χ1v) is 3.82. The maximum absolute atomic E-state index is 10.6. The molecule has 1 aromatic rings. The summed E-state index contributed by atoms with van der Waals surface area (Å²) in [7, 11) is 0. The third-order valence-electron chi connectivity index (χ3n) is 1.80. The third-order valence-corrected chi connectivity index (χ3v) is 1.80. The zero-order chi connectivity index (χ0) is 10.7. The maximum atomic E-state index is 10.6. The second kappa shape index (κ2) is 3.89. The third kappa shape index (κ3) is 1.89. The summed E-state index contributed by atoms with van der Waals surface area (Å²) in [5.74, 6) is -1.37. The van der Waals surface area contributed by atoms with Gasteiger partial charge in [0.25, 0.3) is 0 Å². The molecule has 0 saturated carbocycles. The summed E-state index contributed by atoms with van der Waals surface area (Å²) in [4.78, 5) is 21.1. The molecule has 0 aliphatic heterocycles. The van der Waals surface area contributed by atoms with Crippen molar-refractivity contribution in [1.82, 2.24) is 0 Å². The highest BCUT2D eigenvalue weighted by molar-refractivity contribution is 5.84. The molecule has 5 nitrogen and oxygen atoms in total. The molecule has 1 rings (SSSR count). The molecule has 14 heavy (non-hydrogen) atoms. The molecule has 1 unspecified atom stereocenters. The zero-order valence-corrected chi connectivity index (χ0v) is 7.18. The van der Waals surface area contributed by atoms with Gasteiger partial charge < -0.3 is 15.9 Å². The molecule has 0 saturated heterocycles. The summed E-state index contributed by atoms with van der Waals surface area (Å²) >= 11 is 0. The molecule has 5 heteroatoms. The van der Waals surface area contributed by atoms with Crippen molar-refractivity contribution in [3.8, 4) is 5.75 Å². The van der Waals surface area contributed by atoms with Crippen LogP contribution in [-0.4, -0.2) is 22.5 Å². The standard InChI is InChI=1S/C9H9NO4/c10-8(9(13)14)7-3-6(12)2-1-5(7)4-11/h1-4,8,12H,10H2,(H,13,14). The van der Waals surface area contributed by atoms with Crippen LogP contribution in [0.4, 0.5) is 0 Å². The number of carboxylic acid groups (broad SMARTS) is 1. The van der Waals surface area contributed by atoms with E-state index in [0.29, 0.717) is 6.29 Å². The molecule has 4 N–H and O–H groups in total. The highest BCUT2D eigenvalue weighted by atomic mass is 16.4. The molecule has 0 aromatic heterocycles. The van der Waals surface area contributed by atoms with Crippen LogP contribution in [0.3, 0.4) is 0 Å². The highest BCUT2D eigenvalue weighted by Gasteiger charge is 2.18. The summed E-state index contributed by atoms with van der Waals surface area (Å²) in [6.07, 6.45) is 0.498. The van der Waals surface area contributed by atoms with Gasteiger partial charge in [-0.25, -0.2) is 0 Å². The summed E-state index contributed by atoms with van der Waals surface area (Å²) < 4.78 is 0. The summed E-state index contributed by atoms with van der Waals surface area (Å²) in [5, 5.41) is 17.7. The molecule has 0 heterocycles. The van der Waals surface area contributed by atoms with E-state index < -0.39 is 12.0 Å². The van der Waals surface area contributed by atoms with Gasteiger partial charge in [0.15, 0.2) is 0 Å². The van der Waals surface area contributed by atoms with Crippen LogP contribution in [0.15, 0.2) is 18.2 Å². The molecule has 0 aliphatic rings. The molecule has 1 atom stereocenters. The summed E-state index contributed by atoms with van der Waals surface area (Å²) in [5.41, 5.74) is 5.58. The number of rotatable bonds is 3. The molecular weight excluding hydrogens is 186 g/mol. The smallest absolute Gasteiger partial charge is 0.325 e. The van der Waals surface area contributed by atoms with E-state index >= 15 is 0 Å². The van der Waals surface area contributed by atoms with Crippen molar-refractivity contribution in [2.24, 2.45) is 5.73 Å². The van der Waals surface area contributed by atoms with Crippen molar-refractivity contribution in [2.45, 2.75) is 6.04 Å². The first kappa shape index (κ1) is 10.2. The fraction of sp³-hybridized carbons (Fsp3) is 0.111. The molecule has 0 fully saturated rings. The minimum absolute atomic E-state index is 0.104. The first-order chi connectivity index (χ1) is 6.56. The van der Waals surface area contributed by atoms with Gasteiger partial charge in [-0.15, -0.1) is 0 Å². The number of aromatic hydroxyl groups is 1. The first-order valence-electron chi connectivity index (χ1n) is 3.82. The second-order valence-corrected chi connectivity index (χ2v) is 2.75. The van der Waals surface area contributed by atoms with Crippen LogP contribution >= 0.6 is 0 Å². The van der Waals surface area contributed by atoms with Gasteiger partial charge in [-0.2, -0.15) is 0 Å². The SMILES string of the molecule is NC(C(=O)O)c1cc(O)ccc1C=O. The van der Waals surface area contributed by atoms with Gasteiger partial charge in [0.2, 0.25) is 0 Å². The van der Waals surface area contributed by atoms with E-state index in [1.165, 1.54) is 18.2 Å². The Labute approximate surface area is 79.8 Å². The van der Waals surface area contributed by atoms with E-state index in [-0.39, 0.29) is 16.9 Å². The molecule has 0 spiro atoms. The Hall–Kier alpha value is -1.88. The number of aliphatic carboxylic acids is 1. The highest BCUT2D eigenvalue weighted by Crippen LogP contribution is 2.20. The number of phenolic OH excluding ortho intramolecular Hbond substituents is 1. The largest absolute Gasteiger partial charge is 0.508 e. The minimum Gasteiger partial charge on any atom is -0.508 e. The Kier molecular flexibility index (Phi) is 2.83. The average molecular weight is 195 g/mol. The number of nitrogens with two attached hydrogens (primary N) is 1. The molecule has 0 bridgehead atoms. The quantitative estimate of drug-likeness (QED) is 0.602. The Morgan fingerprint density at radius 2 is 2.14 bits per heavy atom. The Balaban J connectivity index is 3.23. The topological polar surface area (TPSA) is 101 Å². The van der Waals surface area contributed by atoms with E-state index in [2.05, 4.69) is 0 Å². The minimum atomic E-state index is -1.30. The van der Waals surface area contributed by atoms with Gasteiger partial charge in [-0.05, 0) is 23.8 Å². The fourth-order valence-corrected chi connectivity index (χ4v) is 1.07. The van der Waals surface area contributed by atoms with Crippen LogP contribution in [0.5, 0.6) is 5.75 Å². The number of hydrogen-bond donors (Lipinski definition) is 3. The molecule has 1 aromatic carbocycles. The predicted octanol–water partition coefficient (Wildman–Crippen LogP) is 0.289. The fourth-order valence-electron chi connectivity index (χ4n) is 1.07. The molecular formula is C9H9NO4. The van der Waals surface area contributed by atoms with E-state index in [9.17, 15) is 9.59 Å². The van der Waals surface area contributed by atoms with Crippen molar-refractivity contribution in [2.75, 3.05) is 0 Å². The van der Waals surface area contributed by atoms with Crippen LogP contribution in [0.25, 0.3) is 0 Å². The van der Waals surface area contributed by atoms with Gasteiger partial charge in [0.05, 0.1) is 0 Å². The van der Waals surface area contributed by atoms with Crippen LogP contribution in [-0.2, 0) is 4.79 Å². The van der Waals surface area contributed by atoms with Gasteiger partial charge in [0.1, 0.15) is 18.1 Å². The molecule has 0 aliphatic carbocycles. The van der Waals surface area contributed by atoms with E-state index in [1.807, 2.05) is 0 Å². The lowest BCUT2D eigenvalue weighted by atomic mass is 10.0. The number of carboxylic acids is 1. The van der Waals surface area contributed by atoms with Crippen molar-refractivity contribution in [3.05, 3.63) is 29.3 Å². The van der Waals surface area contributed by atoms with Gasteiger partial charge in [-0.1, -0.05) is 0 Å². The number of hydrogen-bond acceptors (Lipinski definition) is 4. The number of carbonyl (C=O) groups excluding carboxylic acids is 1. The van der Waals surface area contributed by atoms with E-state index in [0.717, 1.165) is 0 Å². The van der Waals surface area contributed by atoms with Gasteiger partial charge in [0, 0.05) is 5.56 Å². The van der Waals surface area contributed by atoms with Gasteiger partial charge in [-0.3, -0.25) is 9.59 Å². The second-order valence-electron chi connectivity index (χ2n) is 2.75. The Morgan fingerprint density at radius 1 is 1.50 bits per heavy atom. The van der Waals surface area contributed by atoms with Crippen LogP contribution < -0.4 is 5.73 Å². The van der Waals surface area contributed by atoms with Crippen molar-refractivity contribution >= 4 is 12.3 Å². The summed E-state index contributed by atoms with van der Waals surface area (Å²) in [6, 6.07) is 2.48. The number of aldehydes is 1. The van der Waals surface area contributed by atoms with E-state index in [1.54, 1.807) is 0 Å². The average Bonchev–Trinajstić information content (AvgIpc) is 2.16. The van der Waals surface area contributed by atoms with Crippen molar-refractivity contribution in [1.29, 1.82) is 0 Å². The van der Waals surface area contributed by atoms with Crippen molar-refractivity contribution in [3.63, 3.8) is 0 Å². The van der Waals surface area contributed by atoms with Crippen LogP contribution in [0, 0.1) is 0 Å². The lowest BCUT2D eigenvalue weighted by Gasteiger charge is -2.09. The Bertz CT molecular complexity index is 375. The number of benzene rings is 1. The normalized spacial score (nSPS) is 12.1. The molecule has 74 valence electrons. The Morgan fingerprint density at radius 3 is 2.64 bits per heavy atom. The zero-order valence-electron chi connectivity index (χ0n) is 7.18. The number of phenols is 1. The lowest BCUT2D eigenvalue weighted by molar-refractivity contribution is -0.138. The molecule has 0 radical (unpaired) electrons. The van der Waals surface area contributed by atoms with Gasteiger partial charge >= 0.3 is 5.97 Å². The number of carbonyl (C=O) groups is 2. The monoisotopic (exact) mass is 195 g/mol. The maximum Gasteiger partial charge on any atom is 0.325 e. The summed E-state index contributed by atoms with van der Waals surface area (Å²) in [6.45, 7) is 0. The predicted molar refractivity (Wildman–Crippen MR) is 48.1 cm³/mol.